The molecule has 2 atom stereocenters. The number of ether oxygens (including phenoxy) is 1. The number of carbonyl (C=O) groups is 2. The Kier molecular flexibility index (Phi) is 4.96. The Balaban J connectivity index is 1.74. The molecule has 0 spiro atoms. The van der Waals surface area contributed by atoms with E-state index in [1.54, 1.807) is 18.5 Å². The standard InChI is InChI=1S/C22H23N3O3/c1-15-12-24(13-16(2)28-15)20-19(18-8-4-3-5-9-18)21(26)25(22(20)27)14-17-7-6-10-23-11-17/h3-11,15-16H,12-14H2,1-2H3. The lowest BCUT2D eigenvalue weighted by molar-refractivity contribution is -0.139. The van der Waals surface area contributed by atoms with Gasteiger partial charge in [0, 0.05) is 25.5 Å². The van der Waals surface area contributed by atoms with Crippen LogP contribution in [0.15, 0.2) is 60.6 Å². The maximum atomic E-state index is 13.4. The maximum Gasteiger partial charge on any atom is 0.278 e. The highest BCUT2D eigenvalue weighted by atomic mass is 16.5. The predicted octanol–water partition coefficient (Wildman–Crippen LogP) is 2.47. The number of rotatable bonds is 4. The minimum absolute atomic E-state index is 0.0106. The first-order valence-electron chi connectivity index (χ1n) is 9.50. The molecule has 2 aliphatic heterocycles. The zero-order valence-corrected chi connectivity index (χ0v) is 16.0. The van der Waals surface area contributed by atoms with E-state index >= 15 is 0 Å². The number of hydrogen-bond donors (Lipinski definition) is 0. The summed E-state index contributed by atoms with van der Waals surface area (Å²) in [6.45, 7) is 5.34. The average molecular weight is 377 g/mol. The second-order valence-corrected chi connectivity index (χ2v) is 7.31. The molecule has 6 nitrogen and oxygen atoms in total. The van der Waals surface area contributed by atoms with Gasteiger partial charge >= 0.3 is 0 Å². The minimum atomic E-state index is -0.262. The van der Waals surface area contributed by atoms with Gasteiger partial charge in [-0.25, -0.2) is 0 Å². The molecule has 0 N–H and O–H groups in total. The Morgan fingerprint density at radius 3 is 2.36 bits per heavy atom. The van der Waals surface area contributed by atoms with E-state index in [0.29, 0.717) is 24.4 Å². The van der Waals surface area contributed by atoms with Gasteiger partial charge in [-0.2, -0.15) is 0 Å². The van der Waals surface area contributed by atoms with Crippen LogP contribution in [0.4, 0.5) is 0 Å². The summed E-state index contributed by atoms with van der Waals surface area (Å²) in [5.74, 6) is -0.518. The number of aromatic nitrogens is 1. The zero-order chi connectivity index (χ0) is 19.7. The average Bonchev–Trinajstić information content (AvgIpc) is 2.93. The summed E-state index contributed by atoms with van der Waals surface area (Å²) < 4.78 is 5.82. The number of hydrogen-bond acceptors (Lipinski definition) is 5. The quantitative estimate of drug-likeness (QED) is 0.766. The van der Waals surface area contributed by atoms with Crippen LogP contribution in [-0.2, 0) is 20.9 Å². The summed E-state index contributed by atoms with van der Waals surface area (Å²) in [6, 6.07) is 13.1. The van der Waals surface area contributed by atoms with Crippen LogP contribution in [0.2, 0.25) is 0 Å². The summed E-state index contributed by atoms with van der Waals surface area (Å²) in [5, 5.41) is 0. The summed E-state index contributed by atoms with van der Waals surface area (Å²) in [5.41, 5.74) is 2.52. The number of imide groups is 1. The van der Waals surface area contributed by atoms with Crippen molar-refractivity contribution in [2.24, 2.45) is 0 Å². The lowest BCUT2D eigenvalue weighted by atomic mass is 10.0. The molecule has 144 valence electrons. The Morgan fingerprint density at radius 1 is 1.00 bits per heavy atom. The van der Waals surface area contributed by atoms with Crippen molar-refractivity contribution in [1.29, 1.82) is 0 Å². The summed E-state index contributed by atoms with van der Waals surface area (Å²) in [7, 11) is 0. The van der Waals surface area contributed by atoms with Gasteiger partial charge in [-0.05, 0) is 31.0 Å². The molecule has 1 fully saturated rings. The number of morpholine rings is 1. The molecule has 1 aromatic carbocycles. The van der Waals surface area contributed by atoms with E-state index in [-0.39, 0.29) is 30.6 Å². The van der Waals surface area contributed by atoms with Crippen molar-refractivity contribution in [3.8, 4) is 0 Å². The number of pyridine rings is 1. The van der Waals surface area contributed by atoms with Gasteiger partial charge in [0.1, 0.15) is 5.70 Å². The molecule has 2 aromatic rings. The molecule has 0 radical (unpaired) electrons. The van der Waals surface area contributed by atoms with Gasteiger partial charge in [0.2, 0.25) is 0 Å². The van der Waals surface area contributed by atoms with Gasteiger partial charge in [0.15, 0.2) is 0 Å². The Hall–Kier alpha value is -2.99. The van der Waals surface area contributed by atoms with Crippen molar-refractivity contribution in [3.05, 3.63) is 71.7 Å². The molecule has 0 saturated carbocycles. The monoisotopic (exact) mass is 377 g/mol. The van der Waals surface area contributed by atoms with Crippen LogP contribution in [0.5, 0.6) is 0 Å². The molecular formula is C22H23N3O3. The third-order valence-electron chi connectivity index (χ3n) is 5.01. The van der Waals surface area contributed by atoms with Gasteiger partial charge < -0.3 is 9.64 Å². The zero-order valence-electron chi connectivity index (χ0n) is 16.0. The summed E-state index contributed by atoms with van der Waals surface area (Å²) in [6.07, 6.45) is 3.33. The number of carbonyl (C=O) groups excluding carboxylic acids is 2. The third-order valence-corrected chi connectivity index (χ3v) is 5.01. The van der Waals surface area contributed by atoms with E-state index in [9.17, 15) is 9.59 Å². The van der Waals surface area contributed by atoms with E-state index in [2.05, 4.69) is 4.98 Å². The van der Waals surface area contributed by atoms with E-state index in [1.807, 2.05) is 55.1 Å². The van der Waals surface area contributed by atoms with Gasteiger partial charge in [0.25, 0.3) is 11.8 Å². The fourth-order valence-electron chi connectivity index (χ4n) is 3.90. The van der Waals surface area contributed by atoms with Crippen LogP contribution in [0, 0.1) is 0 Å². The van der Waals surface area contributed by atoms with Crippen molar-refractivity contribution in [1.82, 2.24) is 14.8 Å². The van der Waals surface area contributed by atoms with Crippen LogP contribution in [0.3, 0.4) is 0 Å². The second kappa shape index (κ2) is 7.56. The molecule has 4 rings (SSSR count). The molecular weight excluding hydrogens is 354 g/mol. The largest absolute Gasteiger partial charge is 0.372 e. The van der Waals surface area contributed by atoms with Crippen LogP contribution in [0.1, 0.15) is 25.0 Å². The smallest absolute Gasteiger partial charge is 0.278 e. The van der Waals surface area contributed by atoms with Gasteiger partial charge in [-0.3, -0.25) is 19.5 Å². The van der Waals surface area contributed by atoms with Crippen LogP contribution >= 0.6 is 0 Å². The van der Waals surface area contributed by atoms with Crippen molar-refractivity contribution < 1.29 is 14.3 Å². The summed E-state index contributed by atoms with van der Waals surface area (Å²) in [4.78, 5) is 34.1. The molecule has 1 saturated heterocycles. The fraction of sp³-hybridized carbons (Fsp3) is 0.318. The van der Waals surface area contributed by atoms with Gasteiger partial charge in [-0.15, -0.1) is 0 Å². The van der Waals surface area contributed by atoms with Crippen molar-refractivity contribution in [3.63, 3.8) is 0 Å². The molecule has 28 heavy (non-hydrogen) atoms. The van der Waals surface area contributed by atoms with Crippen LogP contribution in [-0.4, -0.2) is 51.9 Å². The normalized spacial score (nSPS) is 22.9. The highest BCUT2D eigenvalue weighted by molar-refractivity contribution is 6.35. The van der Waals surface area contributed by atoms with Crippen molar-refractivity contribution in [2.45, 2.75) is 32.6 Å². The molecule has 2 unspecified atom stereocenters. The Bertz CT molecular complexity index is 901. The van der Waals surface area contributed by atoms with Crippen LogP contribution in [0.25, 0.3) is 5.57 Å². The van der Waals surface area contributed by atoms with Crippen LogP contribution < -0.4 is 0 Å². The number of nitrogens with zero attached hydrogens (tertiary/aromatic N) is 3. The number of benzene rings is 1. The first-order valence-corrected chi connectivity index (χ1v) is 9.50. The number of amides is 2. The SMILES string of the molecule is CC1CN(C2=C(c3ccccc3)C(=O)N(Cc3cccnc3)C2=O)CC(C)O1. The molecule has 2 amide bonds. The third kappa shape index (κ3) is 3.43. The van der Waals surface area contributed by atoms with Crippen molar-refractivity contribution >= 4 is 17.4 Å². The molecule has 2 aliphatic rings. The Labute approximate surface area is 164 Å². The first kappa shape index (κ1) is 18.4. The fourth-order valence-corrected chi connectivity index (χ4v) is 3.90. The highest BCUT2D eigenvalue weighted by Gasteiger charge is 2.42. The van der Waals surface area contributed by atoms with E-state index < -0.39 is 0 Å². The van der Waals surface area contributed by atoms with E-state index in [4.69, 9.17) is 4.74 Å². The molecule has 3 heterocycles. The lowest BCUT2D eigenvalue weighted by Gasteiger charge is -2.37. The lowest BCUT2D eigenvalue weighted by Crippen LogP contribution is -2.46. The van der Waals surface area contributed by atoms with E-state index in [0.717, 1.165) is 11.1 Å². The van der Waals surface area contributed by atoms with Gasteiger partial charge in [-0.1, -0.05) is 36.4 Å². The molecule has 6 heteroatoms. The van der Waals surface area contributed by atoms with Crippen molar-refractivity contribution in [2.75, 3.05) is 13.1 Å². The van der Waals surface area contributed by atoms with Gasteiger partial charge in [0.05, 0.1) is 24.3 Å². The molecule has 0 aliphatic carbocycles. The molecule has 1 aromatic heterocycles. The topological polar surface area (TPSA) is 62.7 Å². The highest BCUT2D eigenvalue weighted by Crippen LogP contribution is 2.33. The minimum Gasteiger partial charge on any atom is -0.372 e. The second-order valence-electron chi connectivity index (χ2n) is 7.31. The first-order chi connectivity index (χ1) is 13.5. The Morgan fingerprint density at radius 2 is 1.71 bits per heavy atom. The molecule has 0 bridgehead atoms. The maximum absolute atomic E-state index is 13.4. The van der Waals surface area contributed by atoms with E-state index in [1.165, 1.54) is 4.90 Å². The predicted molar refractivity (Wildman–Crippen MR) is 105 cm³/mol. The summed E-state index contributed by atoms with van der Waals surface area (Å²) >= 11 is 0.